The van der Waals surface area contributed by atoms with Crippen LogP contribution in [0.25, 0.3) is 0 Å². The van der Waals surface area contributed by atoms with Crippen LogP contribution < -0.4 is 5.73 Å². The van der Waals surface area contributed by atoms with Crippen LogP contribution in [-0.4, -0.2) is 24.0 Å². The predicted octanol–water partition coefficient (Wildman–Crippen LogP) is 3.60. The average Bonchev–Trinajstić information content (AvgIpc) is 2.29. The van der Waals surface area contributed by atoms with Gasteiger partial charge in [-0.2, -0.15) is 0 Å². The average molecular weight is 267 g/mol. The maximum absolute atomic E-state index is 6.35. The third-order valence-corrected chi connectivity index (χ3v) is 4.53. The van der Waals surface area contributed by atoms with Gasteiger partial charge in [0.25, 0.3) is 0 Å². The van der Waals surface area contributed by atoms with E-state index in [2.05, 4.69) is 24.9 Å². The Morgan fingerprint density at radius 1 is 1.39 bits per heavy atom. The lowest BCUT2D eigenvalue weighted by molar-refractivity contribution is 0.0939. The van der Waals surface area contributed by atoms with Crippen LogP contribution in [0.15, 0.2) is 24.3 Å². The van der Waals surface area contributed by atoms with Gasteiger partial charge in [0.15, 0.2) is 0 Å². The lowest BCUT2D eigenvalue weighted by Gasteiger charge is -2.42. The smallest absolute Gasteiger partial charge is 0.0513 e. The summed E-state index contributed by atoms with van der Waals surface area (Å²) in [6, 6.07) is 9.13. The van der Waals surface area contributed by atoms with E-state index in [4.69, 9.17) is 17.3 Å². The second-order valence-corrected chi connectivity index (χ2v) is 5.70. The molecule has 2 nitrogen and oxygen atoms in total. The minimum Gasteiger partial charge on any atom is -0.326 e. The zero-order valence-electron chi connectivity index (χ0n) is 11.3. The van der Waals surface area contributed by atoms with Gasteiger partial charge in [-0.05, 0) is 37.9 Å². The first-order chi connectivity index (χ1) is 8.65. The van der Waals surface area contributed by atoms with Gasteiger partial charge >= 0.3 is 0 Å². The zero-order valence-corrected chi connectivity index (χ0v) is 12.0. The molecule has 0 amide bonds. The molecule has 100 valence electrons. The Morgan fingerprint density at radius 3 is 2.56 bits per heavy atom. The number of hydrogen-bond donors (Lipinski definition) is 1. The van der Waals surface area contributed by atoms with E-state index in [9.17, 15) is 0 Å². The number of hydrogen-bond acceptors (Lipinski definition) is 2. The topological polar surface area (TPSA) is 29.3 Å². The number of benzene rings is 1. The van der Waals surface area contributed by atoms with Crippen molar-refractivity contribution in [2.45, 2.75) is 50.7 Å². The van der Waals surface area contributed by atoms with E-state index < -0.39 is 0 Å². The van der Waals surface area contributed by atoms with Gasteiger partial charge in [-0.15, -0.1) is 0 Å². The molecule has 3 heteroatoms. The summed E-state index contributed by atoms with van der Waals surface area (Å²) in [4.78, 5) is 2.43. The standard InChI is InChI=1S/C15H23ClN2/c1-3-14(17)15(18(2)11-7-6-8-11)12-9-4-5-10-13(12)16/h4-5,9-11,14-15H,3,6-8,17H2,1-2H3. The number of nitrogens with two attached hydrogens (primary N) is 1. The van der Waals surface area contributed by atoms with Crippen molar-refractivity contribution in [2.24, 2.45) is 5.73 Å². The predicted molar refractivity (Wildman–Crippen MR) is 77.9 cm³/mol. The molecule has 0 bridgehead atoms. The molecule has 0 heterocycles. The first-order valence-electron chi connectivity index (χ1n) is 6.87. The van der Waals surface area contributed by atoms with Crippen LogP contribution in [0.2, 0.25) is 5.02 Å². The van der Waals surface area contributed by atoms with Gasteiger partial charge in [0.2, 0.25) is 0 Å². The minimum absolute atomic E-state index is 0.135. The van der Waals surface area contributed by atoms with E-state index in [-0.39, 0.29) is 12.1 Å². The van der Waals surface area contributed by atoms with Crippen molar-refractivity contribution in [3.63, 3.8) is 0 Å². The Balaban J connectivity index is 2.27. The quantitative estimate of drug-likeness (QED) is 0.882. The van der Waals surface area contributed by atoms with E-state index >= 15 is 0 Å². The van der Waals surface area contributed by atoms with Crippen LogP contribution in [0.1, 0.15) is 44.2 Å². The summed E-state index contributed by atoms with van der Waals surface area (Å²) in [6.45, 7) is 2.14. The Hall–Kier alpha value is -0.570. The molecule has 1 aromatic rings. The molecular weight excluding hydrogens is 244 g/mol. The fourth-order valence-electron chi connectivity index (χ4n) is 2.71. The van der Waals surface area contributed by atoms with Crippen LogP contribution in [0, 0.1) is 0 Å². The molecule has 0 radical (unpaired) electrons. The van der Waals surface area contributed by atoms with Gasteiger partial charge in [-0.3, -0.25) is 4.90 Å². The van der Waals surface area contributed by atoms with Gasteiger partial charge in [-0.25, -0.2) is 0 Å². The molecule has 2 atom stereocenters. The van der Waals surface area contributed by atoms with Crippen molar-refractivity contribution in [3.8, 4) is 0 Å². The molecule has 18 heavy (non-hydrogen) atoms. The highest BCUT2D eigenvalue weighted by atomic mass is 35.5. The maximum atomic E-state index is 6.35. The molecule has 1 aromatic carbocycles. The number of likely N-dealkylation sites (N-methyl/N-ethyl adjacent to an activating group) is 1. The van der Waals surface area contributed by atoms with Crippen molar-refractivity contribution in [1.82, 2.24) is 4.90 Å². The molecule has 1 aliphatic carbocycles. The highest BCUT2D eigenvalue weighted by Crippen LogP contribution is 2.35. The summed E-state index contributed by atoms with van der Waals surface area (Å²) < 4.78 is 0. The molecule has 2 unspecified atom stereocenters. The summed E-state index contributed by atoms with van der Waals surface area (Å²) in [5, 5.41) is 0.831. The summed E-state index contributed by atoms with van der Waals surface area (Å²) in [6.07, 6.45) is 4.88. The zero-order chi connectivity index (χ0) is 13.1. The number of halogens is 1. The first-order valence-corrected chi connectivity index (χ1v) is 7.25. The van der Waals surface area contributed by atoms with Gasteiger partial charge < -0.3 is 5.73 Å². The normalized spacial score (nSPS) is 19.6. The first kappa shape index (κ1) is 13.9. The molecule has 0 saturated heterocycles. The molecule has 0 spiro atoms. The highest BCUT2D eigenvalue weighted by molar-refractivity contribution is 6.31. The van der Waals surface area contributed by atoms with E-state index in [0.29, 0.717) is 6.04 Å². The lowest BCUT2D eigenvalue weighted by Crippen LogP contribution is -2.46. The highest BCUT2D eigenvalue weighted by Gasteiger charge is 2.32. The summed E-state index contributed by atoms with van der Waals surface area (Å²) >= 11 is 6.35. The minimum atomic E-state index is 0.135. The lowest BCUT2D eigenvalue weighted by atomic mass is 9.87. The molecule has 1 aliphatic rings. The van der Waals surface area contributed by atoms with Gasteiger partial charge in [0, 0.05) is 17.1 Å². The molecule has 1 saturated carbocycles. The summed E-state index contributed by atoms with van der Waals surface area (Å²) in [7, 11) is 2.19. The second kappa shape index (κ2) is 6.05. The van der Waals surface area contributed by atoms with Gasteiger partial charge in [-0.1, -0.05) is 43.1 Å². The molecular formula is C15H23ClN2. The van der Waals surface area contributed by atoms with Crippen LogP contribution in [-0.2, 0) is 0 Å². The van der Waals surface area contributed by atoms with Crippen LogP contribution >= 0.6 is 11.6 Å². The van der Waals surface area contributed by atoms with E-state index in [0.717, 1.165) is 11.4 Å². The van der Waals surface area contributed by atoms with E-state index in [1.165, 1.54) is 24.8 Å². The Labute approximate surface area is 115 Å². The second-order valence-electron chi connectivity index (χ2n) is 5.29. The maximum Gasteiger partial charge on any atom is 0.0513 e. The summed E-state index contributed by atoms with van der Waals surface area (Å²) in [5.74, 6) is 0. The fraction of sp³-hybridized carbons (Fsp3) is 0.600. The summed E-state index contributed by atoms with van der Waals surface area (Å²) in [5.41, 5.74) is 7.50. The van der Waals surface area contributed by atoms with E-state index in [1.54, 1.807) is 0 Å². The van der Waals surface area contributed by atoms with Crippen LogP contribution in [0.5, 0.6) is 0 Å². The molecule has 0 aromatic heterocycles. The largest absolute Gasteiger partial charge is 0.326 e. The van der Waals surface area contributed by atoms with Crippen molar-refractivity contribution in [3.05, 3.63) is 34.9 Å². The van der Waals surface area contributed by atoms with Crippen molar-refractivity contribution in [1.29, 1.82) is 0 Å². The molecule has 0 aliphatic heterocycles. The van der Waals surface area contributed by atoms with Crippen LogP contribution in [0.3, 0.4) is 0 Å². The SMILES string of the molecule is CCC(N)C(c1ccccc1Cl)N(C)C1CCC1. The Morgan fingerprint density at radius 2 is 2.06 bits per heavy atom. The fourth-order valence-corrected chi connectivity index (χ4v) is 2.96. The van der Waals surface area contributed by atoms with Gasteiger partial charge in [0.05, 0.1) is 6.04 Å². The van der Waals surface area contributed by atoms with Crippen LogP contribution in [0.4, 0.5) is 0 Å². The molecule has 2 N–H and O–H groups in total. The molecule has 2 rings (SSSR count). The Bertz CT molecular complexity index is 390. The third-order valence-electron chi connectivity index (χ3n) is 4.19. The van der Waals surface area contributed by atoms with Crippen molar-refractivity contribution < 1.29 is 0 Å². The molecule has 1 fully saturated rings. The number of rotatable bonds is 5. The van der Waals surface area contributed by atoms with E-state index in [1.807, 2.05) is 18.2 Å². The van der Waals surface area contributed by atoms with Crippen molar-refractivity contribution >= 4 is 11.6 Å². The van der Waals surface area contributed by atoms with Crippen molar-refractivity contribution in [2.75, 3.05) is 7.05 Å². The monoisotopic (exact) mass is 266 g/mol. The Kier molecular flexibility index (Phi) is 4.66. The van der Waals surface area contributed by atoms with Gasteiger partial charge in [0.1, 0.15) is 0 Å². The number of nitrogens with zero attached hydrogens (tertiary/aromatic N) is 1. The third kappa shape index (κ3) is 2.71.